The molecule has 2 aromatic heterocycles. The van der Waals surface area contributed by atoms with Crippen molar-refractivity contribution in [3.63, 3.8) is 0 Å². The fourth-order valence-corrected chi connectivity index (χ4v) is 4.56. The van der Waals surface area contributed by atoms with Crippen molar-refractivity contribution in [1.82, 2.24) is 9.97 Å². The van der Waals surface area contributed by atoms with Gasteiger partial charge < -0.3 is 15.0 Å². The summed E-state index contributed by atoms with van der Waals surface area (Å²) in [6.45, 7) is 5.43. The number of ether oxygens (including phenoxy) is 1. The lowest BCUT2D eigenvalue weighted by atomic mass is 9.91. The number of hydrogen-bond donors (Lipinski definition) is 2. The number of hydrogen-bond acceptors (Lipinski definition) is 4. The molecular weight excluding hydrogens is 477 g/mol. The van der Waals surface area contributed by atoms with Crippen LogP contribution in [0.3, 0.4) is 0 Å². The van der Waals surface area contributed by atoms with E-state index in [1.807, 2.05) is 18.2 Å². The third kappa shape index (κ3) is 7.05. The van der Waals surface area contributed by atoms with E-state index in [0.717, 1.165) is 44.5 Å². The first kappa shape index (κ1) is 26.6. The summed E-state index contributed by atoms with van der Waals surface area (Å²) in [5.41, 5.74) is 2.95. The highest BCUT2D eigenvalue weighted by molar-refractivity contribution is 5.86. The topological polar surface area (TPSA) is 73.7 Å². The second-order valence-corrected chi connectivity index (χ2v) is 10.1. The lowest BCUT2D eigenvalue weighted by Crippen LogP contribution is -2.16. The van der Waals surface area contributed by atoms with Crippen LogP contribution in [0.2, 0.25) is 0 Å². The molecule has 2 N–H and O–H groups in total. The predicted octanol–water partition coefficient (Wildman–Crippen LogP) is 6.29. The molecule has 3 aromatic rings. The highest BCUT2D eigenvalue weighted by atomic mass is 19.4. The second-order valence-electron chi connectivity index (χ2n) is 10.1. The molecule has 0 unspecified atom stereocenters. The van der Waals surface area contributed by atoms with Gasteiger partial charge in [-0.25, -0.2) is 0 Å². The van der Waals surface area contributed by atoms with Gasteiger partial charge in [-0.2, -0.15) is 18.4 Å². The number of aromatic nitrogens is 2. The Morgan fingerprint density at radius 1 is 1.16 bits per heavy atom. The van der Waals surface area contributed by atoms with E-state index in [2.05, 4.69) is 33.2 Å². The van der Waals surface area contributed by atoms with Crippen molar-refractivity contribution >= 4 is 16.6 Å². The lowest BCUT2D eigenvalue weighted by molar-refractivity contribution is -0.127. The number of nitrogens with one attached hydrogen (secondary N) is 2. The maximum absolute atomic E-state index is 13.4. The van der Waals surface area contributed by atoms with E-state index in [4.69, 9.17) is 4.74 Å². The molecule has 1 aliphatic rings. The Labute approximate surface area is 215 Å². The molecule has 5 nitrogen and oxygen atoms in total. The molecule has 194 valence electrons. The van der Waals surface area contributed by atoms with E-state index in [-0.39, 0.29) is 12.1 Å². The van der Waals surface area contributed by atoms with Crippen molar-refractivity contribution < 1.29 is 17.9 Å². The SMILES string of the molecule is CC(C)(C#N)c1ccc(NCC#Cc2[nH]c3cc(CCC4CCOCC4)ccc3c2CC(F)(F)F)cn1. The Morgan fingerprint density at radius 3 is 2.62 bits per heavy atom. The molecule has 0 aliphatic carbocycles. The Hall–Kier alpha value is -3.49. The van der Waals surface area contributed by atoms with Crippen molar-refractivity contribution in [2.75, 3.05) is 25.1 Å². The first-order chi connectivity index (χ1) is 17.6. The number of anilines is 1. The second kappa shape index (κ2) is 11.3. The Kier molecular flexibility index (Phi) is 8.10. The summed E-state index contributed by atoms with van der Waals surface area (Å²) >= 11 is 0. The van der Waals surface area contributed by atoms with Gasteiger partial charge in [0, 0.05) is 29.7 Å². The molecule has 0 spiro atoms. The Balaban J connectivity index is 1.48. The maximum Gasteiger partial charge on any atom is 0.393 e. The van der Waals surface area contributed by atoms with E-state index < -0.39 is 18.0 Å². The molecule has 1 aromatic carbocycles. The largest absolute Gasteiger partial charge is 0.393 e. The van der Waals surface area contributed by atoms with E-state index in [1.165, 1.54) is 0 Å². The van der Waals surface area contributed by atoms with Crippen molar-refractivity contribution in [3.8, 4) is 17.9 Å². The van der Waals surface area contributed by atoms with Crippen molar-refractivity contribution in [2.45, 2.75) is 57.5 Å². The standard InChI is InChI=1S/C29H31F3N4O/c1-28(2,19-33)27-10-8-22(18-35-27)34-13-3-4-25-24(17-29(30,31)32)23-9-7-21(16-26(23)36-25)6-5-20-11-14-37-15-12-20/h7-10,16,18,20,34,36H,5-6,11-15,17H2,1-2H3. The summed E-state index contributed by atoms with van der Waals surface area (Å²) in [4.78, 5) is 7.45. The van der Waals surface area contributed by atoms with E-state index in [1.54, 1.807) is 32.2 Å². The number of benzene rings is 1. The van der Waals surface area contributed by atoms with Crippen LogP contribution in [0.25, 0.3) is 10.9 Å². The molecule has 0 atom stereocenters. The van der Waals surface area contributed by atoms with Crippen LogP contribution in [-0.2, 0) is 23.0 Å². The average Bonchev–Trinajstić information content (AvgIpc) is 3.21. The van der Waals surface area contributed by atoms with Crippen LogP contribution >= 0.6 is 0 Å². The minimum absolute atomic E-state index is 0.177. The van der Waals surface area contributed by atoms with E-state index in [0.29, 0.717) is 33.9 Å². The summed E-state index contributed by atoms with van der Waals surface area (Å²) in [6, 6.07) is 11.5. The van der Waals surface area contributed by atoms with Crippen LogP contribution in [0.4, 0.5) is 18.9 Å². The van der Waals surface area contributed by atoms with E-state index >= 15 is 0 Å². The summed E-state index contributed by atoms with van der Waals surface area (Å²) in [5, 5.41) is 12.9. The van der Waals surface area contributed by atoms with Gasteiger partial charge in [0.2, 0.25) is 0 Å². The van der Waals surface area contributed by atoms with Crippen LogP contribution in [0, 0.1) is 29.1 Å². The molecule has 1 saturated heterocycles. The summed E-state index contributed by atoms with van der Waals surface area (Å²) in [7, 11) is 0. The minimum Gasteiger partial charge on any atom is -0.381 e. The maximum atomic E-state index is 13.4. The van der Waals surface area contributed by atoms with Crippen molar-refractivity contribution in [1.29, 1.82) is 5.26 Å². The number of alkyl halides is 3. The molecule has 8 heteroatoms. The molecule has 0 amide bonds. The Morgan fingerprint density at radius 2 is 1.95 bits per heavy atom. The molecule has 4 rings (SSSR count). The number of aryl methyl sites for hydroxylation is 1. The smallest absolute Gasteiger partial charge is 0.381 e. The summed E-state index contributed by atoms with van der Waals surface area (Å²) in [5.74, 6) is 6.45. The molecule has 3 heterocycles. The van der Waals surface area contributed by atoms with Crippen LogP contribution in [0.15, 0.2) is 36.5 Å². The molecule has 1 fully saturated rings. The highest BCUT2D eigenvalue weighted by Gasteiger charge is 2.30. The molecule has 37 heavy (non-hydrogen) atoms. The average molecular weight is 509 g/mol. The number of fused-ring (bicyclic) bond motifs is 1. The fourth-order valence-electron chi connectivity index (χ4n) is 4.56. The number of halogens is 3. The molecule has 1 aliphatic heterocycles. The number of aromatic amines is 1. The van der Waals surface area contributed by atoms with Crippen LogP contribution in [0.1, 0.15) is 55.6 Å². The van der Waals surface area contributed by atoms with Gasteiger partial charge in [-0.05, 0) is 75.1 Å². The zero-order chi connectivity index (χ0) is 26.5. The third-order valence-corrected chi connectivity index (χ3v) is 6.81. The third-order valence-electron chi connectivity index (χ3n) is 6.81. The van der Waals surface area contributed by atoms with Gasteiger partial charge in [-0.1, -0.05) is 18.1 Å². The van der Waals surface area contributed by atoms with Gasteiger partial charge in [-0.3, -0.25) is 4.98 Å². The molecular formula is C29H31F3N4O. The lowest BCUT2D eigenvalue weighted by Gasteiger charge is -2.21. The van der Waals surface area contributed by atoms with Gasteiger partial charge in [0.05, 0.1) is 47.7 Å². The van der Waals surface area contributed by atoms with Gasteiger partial charge >= 0.3 is 6.18 Å². The first-order valence-electron chi connectivity index (χ1n) is 12.5. The number of rotatable bonds is 7. The zero-order valence-corrected chi connectivity index (χ0v) is 21.1. The fraction of sp³-hybridized carbons (Fsp3) is 0.448. The van der Waals surface area contributed by atoms with Crippen LogP contribution in [0.5, 0.6) is 0 Å². The number of pyridine rings is 1. The number of nitriles is 1. The molecule has 0 saturated carbocycles. The summed E-state index contributed by atoms with van der Waals surface area (Å²) in [6.07, 6.45) is 0.307. The number of nitrogens with zero attached hydrogens (tertiary/aromatic N) is 2. The Bertz CT molecular complexity index is 1320. The normalized spacial score (nSPS) is 14.7. The minimum atomic E-state index is -4.34. The zero-order valence-electron chi connectivity index (χ0n) is 21.1. The molecule has 0 radical (unpaired) electrons. The quantitative estimate of drug-likeness (QED) is 0.368. The monoisotopic (exact) mass is 508 g/mol. The van der Waals surface area contributed by atoms with Crippen molar-refractivity contribution in [2.24, 2.45) is 5.92 Å². The highest BCUT2D eigenvalue weighted by Crippen LogP contribution is 2.31. The van der Waals surface area contributed by atoms with Gasteiger partial charge in [0.1, 0.15) is 0 Å². The van der Waals surface area contributed by atoms with Gasteiger partial charge in [-0.15, -0.1) is 0 Å². The van der Waals surface area contributed by atoms with Gasteiger partial charge in [0.15, 0.2) is 0 Å². The summed E-state index contributed by atoms with van der Waals surface area (Å²) < 4.78 is 45.5. The predicted molar refractivity (Wildman–Crippen MR) is 138 cm³/mol. The van der Waals surface area contributed by atoms with E-state index in [9.17, 15) is 18.4 Å². The van der Waals surface area contributed by atoms with Crippen LogP contribution < -0.4 is 5.32 Å². The van der Waals surface area contributed by atoms with Crippen molar-refractivity contribution in [3.05, 3.63) is 59.0 Å². The number of H-pyrrole nitrogens is 1. The molecule has 0 bridgehead atoms. The first-order valence-corrected chi connectivity index (χ1v) is 12.5. The van der Waals surface area contributed by atoms with Crippen LogP contribution in [-0.4, -0.2) is 35.9 Å². The van der Waals surface area contributed by atoms with Gasteiger partial charge in [0.25, 0.3) is 0 Å².